The first-order valence-corrected chi connectivity index (χ1v) is 9.43. The van der Waals surface area contributed by atoms with Gasteiger partial charge in [-0.05, 0) is 38.1 Å². The lowest BCUT2D eigenvalue weighted by Gasteiger charge is -2.06. The third-order valence-corrected chi connectivity index (χ3v) is 4.63. The van der Waals surface area contributed by atoms with Crippen LogP contribution in [0, 0.1) is 6.92 Å². The zero-order valence-corrected chi connectivity index (χ0v) is 16.3. The molecule has 0 saturated heterocycles. The lowest BCUT2D eigenvalue weighted by molar-refractivity contribution is -0.113. The summed E-state index contributed by atoms with van der Waals surface area (Å²) in [5, 5.41) is 15.4. The maximum Gasteiger partial charge on any atom is 0.264 e. The standard InChI is InChI=1S/C18H20N8OS/c1-12-6-8-14(9-7-12)21-16(27)11-28-18-25-24-17(26(18)19)23-22-13(2)15-5-3-4-10-20-15/h3-10H,11,19H2,1-2H3,(H,21,27)(H,23,24)/b22-13+. The minimum absolute atomic E-state index is 0.152. The SMILES string of the molecule is C/C(=N\Nc1nnc(SCC(=O)Nc2ccc(C)cc2)n1N)c1ccccn1. The predicted octanol–water partition coefficient (Wildman–Crippen LogP) is 2.26. The number of nitrogen functional groups attached to an aromatic ring is 1. The number of aromatic nitrogens is 4. The highest BCUT2D eigenvalue weighted by molar-refractivity contribution is 7.99. The molecule has 144 valence electrons. The molecule has 4 N–H and O–H groups in total. The first-order chi connectivity index (χ1) is 13.5. The third-order valence-electron chi connectivity index (χ3n) is 3.69. The van der Waals surface area contributed by atoms with E-state index in [9.17, 15) is 4.79 Å². The van der Waals surface area contributed by atoms with Gasteiger partial charge in [0.25, 0.3) is 5.95 Å². The Hall–Kier alpha value is -3.40. The van der Waals surface area contributed by atoms with Gasteiger partial charge in [0.1, 0.15) is 0 Å². The van der Waals surface area contributed by atoms with Crippen molar-refractivity contribution < 1.29 is 4.79 Å². The molecule has 0 spiro atoms. The van der Waals surface area contributed by atoms with Crippen LogP contribution in [0.1, 0.15) is 18.2 Å². The summed E-state index contributed by atoms with van der Waals surface area (Å²) in [5.41, 5.74) is 6.05. The topological polar surface area (TPSA) is 123 Å². The van der Waals surface area contributed by atoms with Gasteiger partial charge in [-0.2, -0.15) is 5.10 Å². The molecule has 0 aliphatic heterocycles. The Bertz CT molecular complexity index is 969. The van der Waals surface area contributed by atoms with Crippen LogP contribution in [-0.4, -0.2) is 37.2 Å². The van der Waals surface area contributed by atoms with Crippen molar-refractivity contribution in [2.75, 3.05) is 22.3 Å². The lowest BCUT2D eigenvalue weighted by atomic mass is 10.2. The number of amides is 1. The van der Waals surface area contributed by atoms with Crippen LogP contribution in [0.5, 0.6) is 0 Å². The van der Waals surface area contributed by atoms with Crippen LogP contribution in [-0.2, 0) is 4.79 Å². The van der Waals surface area contributed by atoms with Crippen LogP contribution in [0.4, 0.5) is 11.6 Å². The minimum atomic E-state index is -0.157. The number of aryl methyl sites for hydroxylation is 1. The molecular formula is C18H20N8OS. The van der Waals surface area contributed by atoms with Crippen molar-refractivity contribution in [1.82, 2.24) is 19.9 Å². The van der Waals surface area contributed by atoms with Crippen molar-refractivity contribution in [1.29, 1.82) is 0 Å². The number of nitrogens with one attached hydrogen (secondary N) is 2. The molecule has 9 nitrogen and oxygen atoms in total. The molecule has 0 bridgehead atoms. The summed E-state index contributed by atoms with van der Waals surface area (Å²) in [5.74, 6) is 6.23. The molecule has 2 aromatic heterocycles. The van der Waals surface area contributed by atoms with Crippen LogP contribution < -0.4 is 16.6 Å². The molecule has 10 heteroatoms. The Morgan fingerprint density at radius 2 is 2.00 bits per heavy atom. The minimum Gasteiger partial charge on any atom is -0.334 e. The van der Waals surface area contributed by atoms with Gasteiger partial charge in [-0.3, -0.25) is 9.78 Å². The molecule has 3 aromatic rings. The fourth-order valence-corrected chi connectivity index (χ4v) is 2.84. The fourth-order valence-electron chi connectivity index (χ4n) is 2.18. The molecule has 1 amide bonds. The highest BCUT2D eigenvalue weighted by atomic mass is 32.2. The maximum atomic E-state index is 12.1. The zero-order valence-electron chi connectivity index (χ0n) is 15.5. The number of nitrogens with zero attached hydrogens (tertiary/aromatic N) is 5. The van der Waals surface area contributed by atoms with Gasteiger partial charge in [0.05, 0.1) is 17.2 Å². The van der Waals surface area contributed by atoms with E-state index in [0.29, 0.717) is 10.9 Å². The van der Waals surface area contributed by atoms with Gasteiger partial charge in [0.2, 0.25) is 11.1 Å². The van der Waals surface area contributed by atoms with Crippen molar-refractivity contribution in [3.05, 3.63) is 59.9 Å². The first kappa shape index (κ1) is 19.4. The number of pyridine rings is 1. The Labute approximate surface area is 166 Å². The normalized spacial score (nSPS) is 11.3. The largest absolute Gasteiger partial charge is 0.334 e. The van der Waals surface area contributed by atoms with Crippen LogP contribution in [0.2, 0.25) is 0 Å². The van der Waals surface area contributed by atoms with Gasteiger partial charge in [-0.25, -0.2) is 10.1 Å². The number of nitrogens with two attached hydrogens (primary N) is 1. The highest BCUT2D eigenvalue weighted by Crippen LogP contribution is 2.17. The smallest absolute Gasteiger partial charge is 0.264 e. The van der Waals surface area contributed by atoms with E-state index in [-0.39, 0.29) is 17.6 Å². The maximum absolute atomic E-state index is 12.1. The number of anilines is 2. The zero-order chi connectivity index (χ0) is 19.9. The molecule has 1 aromatic carbocycles. The summed E-state index contributed by atoms with van der Waals surface area (Å²) in [4.78, 5) is 16.3. The van der Waals surface area contributed by atoms with Gasteiger partial charge in [0, 0.05) is 11.9 Å². The summed E-state index contributed by atoms with van der Waals surface area (Å²) in [7, 11) is 0. The summed E-state index contributed by atoms with van der Waals surface area (Å²) in [6.07, 6.45) is 1.69. The van der Waals surface area contributed by atoms with E-state index in [1.165, 1.54) is 16.4 Å². The Morgan fingerprint density at radius 3 is 2.71 bits per heavy atom. The number of thioether (sulfide) groups is 1. The Morgan fingerprint density at radius 1 is 1.21 bits per heavy atom. The second-order valence-corrected chi connectivity index (χ2v) is 6.85. The van der Waals surface area contributed by atoms with Gasteiger partial charge >= 0.3 is 0 Å². The van der Waals surface area contributed by atoms with Crippen LogP contribution in [0.15, 0.2) is 58.9 Å². The summed E-state index contributed by atoms with van der Waals surface area (Å²) < 4.78 is 1.25. The first-order valence-electron chi connectivity index (χ1n) is 8.44. The van der Waals surface area contributed by atoms with Gasteiger partial charge in [0.15, 0.2) is 0 Å². The number of benzene rings is 1. The summed E-state index contributed by atoms with van der Waals surface area (Å²) in [6.45, 7) is 3.81. The van der Waals surface area contributed by atoms with E-state index >= 15 is 0 Å². The van der Waals surface area contributed by atoms with E-state index in [4.69, 9.17) is 5.84 Å². The molecule has 0 aliphatic rings. The number of carbonyl (C=O) groups is 1. The molecule has 28 heavy (non-hydrogen) atoms. The van der Waals surface area contributed by atoms with Crippen LogP contribution >= 0.6 is 11.8 Å². The van der Waals surface area contributed by atoms with Crippen molar-refractivity contribution in [3.63, 3.8) is 0 Å². The molecule has 0 radical (unpaired) electrons. The molecular weight excluding hydrogens is 376 g/mol. The molecule has 0 unspecified atom stereocenters. The van der Waals surface area contributed by atoms with E-state index in [1.54, 1.807) is 6.20 Å². The van der Waals surface area contributed by atoms with Crippen molar-refractivity contribution in [3.8, 4) is 0 Å². The molecule has 3 rings (SSSR count). The van der Waals surface area contributed by atoms with E-state index in [1.807, 2.05) is 56.3 Å². The quantitative estimate of drug-likeness (QED) is 0.242. The monoisotopic (exact) mass is 396 g/mol. The fraction of sp³-hybridized carbons (Fsp3) is 0.167. The molecule has 0 aliphatic carbocycles. The molecule has 0 fully saturated rings. The van der Waals surface area contributed by atoms with E-state index < -0.39 is 0 Å². The Kier molecular flexibility index (Phi) is 6.22. The Balaban J connectivity index is 1.55. The summed E-state index contributed by atoms with van der Waals surface area (Å²) >= 11 is 1.18. The van der Waals surface area contributed by atoms with Gasteiger partial charge in [-0.1, -0.05) is 35.5 Å². The third kappa shape index (κ3) is 5.07. The van der Waals surface area contributed by atoms with Crippen molar-refractivity contribution >= 4 is 35.0 Å². The number of rotatable bonds is 7. The summed E-state index contributed by atoms with van der Waals surface area (Å²) in [6, 6.07) is 13.1. The lowest BCUT2D eigenvalue weighted by Crippen LogP contribution is -2.17. The average Bonchev–Trinajstić information content (AvgIpc) is 3.06. The van der Waals surface area contributed by atoms with Gasteiger partial charge in [-0.15, -0.1) is 10.2 Å². The van der Waals surface area contributed by atoms with Crippen molar-refractivity contribution in [2.45, 2.75) is 19.0 Å². The number of hydrogen-bond acceptors (Lipinski definition) is 8. The average molecular weight is 396 g/mol. The number of hydrazone groups is 1. The highest BCUT2D eigenvalue weighted by Gasteiger charge is 2.12. The number of carbonyl (C=O) groups excluding carboxylic acids is 1. The van der Waals surface area contributed by atoms with Crippen LogP contribution in [0.3, 0.4) is 0 Å². The molecule has 0 atom stereocenters. The van der Waals surface area contributed by atoms with E-state index in [2.05, 4.69) is 31.0 Å². The second kappa shape index (κ2) is 9.00. The van der Waals surface area contributed by atoms with Gasteiger partial charge < -0.3 is 11.2 Å². The second-order valence-electron chi connectivity index (χ2n) is 5.90. The number of hydrogen-bond donors (Lipinski definition) is 3. The molecule has 2 heterocycles. The predicted molar refractivity (Wildman–Crippen MR) is 111 cm³/mol. The van der Waals surface area contributed by atoms with Crippen LogP contribution in [0.25, 0.3) is 0 Å². The van der Waals surface area contributed by atoms with Crippen molar-refractivity contribution in [2.24, 2.45) is 5.10 Å². The van der Waals surface area contributed by atoms with E-state index in [0.717, 1.165) is 16.9 Å². The molecule has 0 saturated carbocycles.